The van der Waals surface area contributed by atoms with Gasteiger partial charge >= 0.3 is 23.9 Å². The molecule has 0 fully saturated rings. The number of esters is 3. The van der Waals surface area contributed by atoms with E-state index < -0.39 is 60.4 Å². The smallest absolute Gasteiger partial charge is 0.348 e. The van der Waals surface area contributed by atoms with E-state index >= 15 is 0 Å². The second kappa shape index (κ2) is 8.65. The van der Waals surface area contributed by atoms with Crippen molar-refractivity contribution in [2.24, 2.45) is 0 Å². The fourth-order valence-electron chi connectivity index (χ4n) is 1.50. The van der Waals surface area contributed by atoms with Gasteiger partial charge in [0.15, 0.2) is 0 Å². The van der Waals surface area contributed by atoms with Crippen LogP contribution >= 0.6 is 0 Å². The number of hydrogen-bond donors (Lipinski definition) is 1. The van der Waals surface area contributed by atoms with Gasteiger partial charge in [-0.05, 0) is 41.5 Å². The molecule has 0 heterocycles. The first kappa shape index (κ1) is 21.9. The summed E-state index contributed by atoms with van der Waals surface area (Å²) in [7, 11) is 0. The number of rotatable bonds is 7. The van der Waals surface area contributed by atoms with Crippen LogP contribution in [-0.4, -0.2) is 46.3 Å². The SMILES string of the molecule is CC(C)(C)OC(=O)C[C@@H](OC(=O)CCC(=O)O)C(=O)OC(C)(C)C. The maximum atomic E-state index is 12.1. The van der Waals surface area contributed by atoms with Crippen LogP contribution in [-0.2, 0) is 33.4 Å². The maximum Gasteiger partial charge on any atom is 0.348 e. The minimum absolute atomic E-state index is 0.414. The molecule has 0 aromatic carbocycles. The molecule has 0 spiro atoms. The van der Waals surface area contributed by atoms with Crippen molar-refractivity contribution in [1.82, 2.24) is 0 Å². The summed E-state index contributed by atoms with van der Waals surface area (Å²) in [6, 6.07) is 0. The second-order valence-electron chi connectivity index (χ2n) is 7.20. The molecule has 8 nitrogen and oxygen atoms in total. The summed E-state index contributed by atoms with van der Waals surface area (Å²) in [5.74, 6) is -3.70. The topological polar surface area (TPSA) is 116 Å². The van der Waals surface area contributed by atoms with Crippen molar-refractivity contribution >= 4 is 23.9 Å². The van der Waals surface area contributed by atoms with Crippen LogP contribution in [0.5, 0.6) is 0 Å². The van der Waals surface area contributed by atoms with Crippen molar-refractivity contribution in [3.8, 4) is 0 Å². The highest BCUT2D eigenvalue weighted by Gasteiger charge is 2.32. The Morgan fingerprint density at radius 2 is 1.33 bits per heavy atom. The maximum absolute atomic E-state index is 12.1. The van der Waals surface area contributed by atoms with Crippen LogP contribution in [0.15, 0.2) is 0 Å². The molecule has 0 saturated heterocycles. The van der Waals surface area contributed by atoms with E-state index in [9.17, 15) is 19.2 Å². The standard InChI is InChI=1S/C16H26O8/c1-15(2,3)23-13(20)9-10(14(21)24-16(4,5)6)22-12(19)8-7-11(17)18/h10H,7-9H2,1-6H3,(H,17,18)/t10-/m1/s1. The van der Waals surface area contributed by atoms with Gasteiger partial charge < -0.3 is 19.3 Å². The van der Waals surface area contributed by atoms with Crippen molar-refractivity contribution < 1.29 is 38.5 Å². The van der Waals surface area contributed by atoms with Crippen molar-refractivity contribution in [3.05, 3.63) is 0 Å². The Labute approximate surface area is 141 Å². The summed E-state index contributed by atoms with van der Waals surface area (Å²) in [5, 5.41) is 8.56. The van der Waals surface area contributed by atoms with E-state index in [1.54, 1.807) is 41.5 Å². The van der Waals surface area contributed by atoms with E-state index in [-0.39, 0.29) is 0 Å². The molecule has 0 aromatic rings. The molecule has 0 aliphatic heterocycles. The molecule has 8 heteroatoms. The summed E-state index contributed by atoms with van der Waals surface area (Å²) in [6.07, 6.45) is -2.85. The number of ether oxygens (including phenoxy) is 3. The normalized spacial score (nSPS) is 12.9. The lowest BCUT2D eigenvalue weighted by atomic mass is 10.1. The molecular formula is C16H26O8. The highest BCUT2D eigenvalue weighted by Crippen LogP contribution is 2.15. The predicted molar refractivity (Wildman–Crippen MR) is 83.1 cm³/mol. The number of carboxylic acid groups (broad SMARTS) is 1. The largest absolute Gasteiger partial charge is 0.481 e. The Morgan fingerprint density at radius 1 is 0.833 bits per heavy atom. The zero-order chi connectivity index (χ0) is 19.1. The lowest BCUT2D eigenvalue weighted by Gasteiger charge is -2.25. The molecule has 0 aliphatic rings. The average Bonchev–Trinajstić information content (AvgIpc) is 2.31. The van der Waals surface area contributed by atoms with Gasteiger partial charge in [-0.2, -0.15) is 0 Å². The predicted octanol–water partition coefficient (Wildman–Crippen LogP) is 1.84. The van der Waals surface area contributed by atoms with Crippen LogP contribution in [0.25, 0.3) is 0 Å². The fraction of sp³-hybridized carbons (Fsp3) is 0.750. The molecule has 1 N–H and O–H groups in total. The first-order chi connectivity index (χ1) is 10.7. The summed E-state index contributed by atoms with van der Waals surface area (Å²) in [6.45, 7) is 9.86. The zero-order valence-corrected chi connectivity index (χ0v) is 15.0. The first-order valence-corrected chi connectivity index (χ1v) is 7.55. The minimum Gasteiger partial charge on any atom is -0.481 e. The van der Waals surface area contributed by atoms with Crippen molar-refractivity contribution in [2.75, 3.05) is 0 Å². The summed E-state index contributed by atoms with van der Waals surface area (Å²) < 4.78 is 15.1. The lowest BCUT2D eigenvalue weighted by Crippen LogP contribution is -2.37. The van der Waals surface area contributed by atoms with Gasteiger partial charge in [-0.15, -0.1) is 0 Å². The highest BCUT2D eigenvalue weighted by molar-refractivity contribution is 5.85. The van der Waals surface area contributed by atoms with Crippen LogP contribution in [0.1, 0.15) is 60.8 Å². The van der Waals surface area contributed by atoms with Gasteiger partial charge in [0.25, 0.3) is 0 Å². The molecule has 0 aromatic heterocycles. The van der Waals surface area contributed by atoms with Crippen LogP contribution in [0, 0.1) is 0 Å². The number of carboxylic acids is 1. The van der Waals surface area contributed by atoms with E-state index in [1.807, 2.05) is 0 Å². The first-order valence-electron chi connectivity index (χ1n) is 7.55. The summed E-state index contributed by atoms with van der Waals surface area (Å²) in [5.41, 5.74) is -1.60. The number of aliphatic carboxylic acids is 1. The fourth-order valence-corrected chi connectivity index (χ4v) is 1.50. The van der Waals surface area contributed by atoms with Crippen molar-refractivity contribution in [1.29, 1.82) is 0 Å². The van der Waals surface area contributed by atoms with Crippen molar-refractivity contribution in [2.45, 2.75) is 78.1 Å². The van der Waals surface area contributed by atoms with E-state index in [0.717, 1.165) is 0 Å². The average molecular weight is 346 g/mol. The number of hydrogen-bond acceptors (Lipinski definition) is 7. The summed E-state index contributed by atoms with van der Waals surface area (Å²) >= 11 is 0. The molecule has 1 atom stereocenters. The minimum atomic E-state index is -1.49. The van der Waals surface area contributed by atoms with Gasteiger partial charge in [-0.25, -0.2) is 4.79 Å². The van der Waals surface area contributed by atoms with E-state index in [2.05, 4.69) is 0 Å². The third-order valence-electron chi connectivity index (χ3n) is 2.26. The molecule has 0 saturated carbocycles. The Bertz CT molecular complexity index is 481. The third kappa shape index (κ3) is 11.4. The Hall–Kier alpha value is -2.12. The molecule has 0 bridgehead atoms. The summed E-state index contributed by atoms with van der Waals surface area (Å²) in [4.78, 5) is 46.1. The second-order valence-corrected chi connectivity index (χ2v) is 7.20. The molecule has 0 rings (SSSR count). The Morgan fingerprint density at radius 3 is 1.75 bits per heavy atom. The van der Waals surface area contributed by atoms with Gasteiger partial charge in [0, 0.05) is 0 Å². The molecule has 0 radical (unpaired) electrons. The number of carbonyl (C=O) groups is 4. The molecular weight excluding hydrogens is 320 g/mol. The van der Waals surface area contributed by atoms with Gasteiger partial charge in [0.2, 0.25) is 6.10 Å². The monoisotopic (exact) mass is 346 g/mol. The van der Waals surface area contributed by atoms with Gasteiger partial charge in [0.05, 0.1) is 19.3 Å². The van der Waals surface area contributed by atoms with Crippen LogP contribution in [0.4, 0.5) is 0 Å². The zero-order valence-electron chi connectivity index (χ0n) is 15.0. The quantitative estimate of drug-likeness (QED) is 0.548. The van der Waals surface area contributed by atoms with Crippen LogP contribution < -0.4 is 0 Å². The number of carbonyl (C=O) groups excluding carboxylic acids is 3. The van der Waals surface area contributed by atoms with Gasteiger partial charge in [0.1, 0.15) is 11.2 Å². The highest BCUT2D eigenvalue weighted by atomic mass is 16.6. The van der Waals surface area contributed by atoms with Gasteiger partial charge in [-0.3, -0.25) is 14.4 Å². The molecule has 0 unspecified atom stereocenters. The van der Waals surface area contributed by atoms with E-state index in [1.165, 1.54) is 0 Å². The van der Waals surface area contributed by atoms with Gasteiger partial charge in [-0.1, -0.05) is 0 Å². The molecule has 0 amide bonds. The Kier molecular flexibility index (Phi) is 7.89. The molecule has 0 aliphatic carbocycles. The third-order valence-corrected chi connectivity index (χ3v) is 2.26. The molecule has 24 heavy (non-hydrogen) atoms. The van der Waals surface area contributed by atoms with Crippen LogP contribution in [0.3, 0.4) is 0 Å². The lowest BCUT2D eigenvalue weighted by molar-refractivity contribution is -0.181. The Balaban J connectivity index is 4.95. The van der Waals surface area contributed by atoms with E-state index in [0.29, 0.717) is 0 Å². The molecule has 138 valence electrons. The van der Waals surface area contributed by atoms with Crippen LogP contribution in [0.2, 0.25) is 0 Å². The van der Waals surface area contributed by atoms with Crippen molar-refractivity contribution in [3.63, 3.8) is 0 Å². The van der Waals surface area contributed by atoms with E-state index in [4.69, 9.17) is 19.3 Å².